The van der Waals surface area contributed by atoms with Crippen LogP contribution in [0.15, 0.2) is 48.5 Å². The average Bonchev–Trinajstić information content (AvgIpc) is 2.47. The summed E-state index contributed by atoms with van der Waals surface area (Å²) in [6, 6.07) is 16.4. The fourth-order valence-corrected chi connectivity index (χ4v) is 2.60. The van der Waals surface area contributed by atoms with Crippen molar-refractivity contribution in [1.82, 2.24) is 5.32 Å². The minimum Gasteiger partial charge on any atom is -0.497 e. The summed E-state index contributed by atoms with van der Waals surface area (Å²) in [4.78, 5) is 0. The molecule has 2 rings (SSSR count). The monoisotopic (exact) mass is 289 g/mol. The van der Waals surface area contributed by atoms with Crippen molar-refractivity contribution in [3.8, 4) is 5.75 Å². The van der Waals surface area contributed by atoms with Crippen molar-refractivity contribution in [2.24, 2.45) is 0 Å². The second kappa shape index (κ2) is 6.78. The Labute approximate surface area is 125 Å². The molecule has 0 fully saturated rings. The Balaban J connectivity index is 2.11. The van der Waals surface area contributed by atoms with Crippen molar-refractivity contribution in [3.63, 3.8) is 0 Å². The number of ether oxygens (including phenoxy) is 1. The van der Waals surface area contributed by atoms with Crippen LogP contribution in [0.4, 0.5) is 0 Å². The summed E-state index contributed by atoms with van der Waals surface area (Å²) in [5, 5.41) is 4.36. The maximum absolute atomic E-state index is 6.24. The molecular weight excluding hydrogens is 270 g/mol. The lowest BCUT2D eigenvalue weighted by molar-refractivity contribution is 0.412. The minimum absolute atomic E-state index is 0.185. The van der Waals surface area contributed by atoms with E-state index in [0.29, 0.717) is 0 Å². The van der Waals surface area contributed by atoms with E-state index in [1.807, 2.05) is 30.3 Å². The number of hydrogen-bond donors (Lipinski definition) is 1. The van der Waals surface area contributed by atoms with Gasteiger partial charge in [0.05, 0.1) is 7.11 Å². The van der Waals surface area contributed by atoms with Gasteiger partial charge in [0.25, 0.3) is 0 Å². The summed E-state index contributed by atoms with van der Waals surface area (Å²) < 4.78 is 5.26. The number of halogens is 1. The number of nitrogens with one attached hydrogen (secondary N) is 1. The fraction of sp³-hybridized carbons (Fsp3) is 0.294. The molecule has 0 spiro atoms. The first kappa shape index (κ1) is 14.9. The first-order valence-electron chi connectivity index (χ1n) is 6.76. The zero-order chi connectivity index (χ0) is 14.5. The van der Waals surface area contributed by atoms with Crippen molar-refractivity contribution in [3.05, 3.63) is 64.7 Å². The third-order valence-corrected chi connectivity index (χ3v) is 3.81. The molecular formula is C17H20ClNO. The Morgan fingerprint density at radius 2 is 1.75 bits per heavy atom. The smallest absolute Gasteiger partial charge is 0.119 e. The van der Waals surface area contributed by atoms with Gasteiger partial charge in [-0.15, -0.1) is 0 Å². The molecule has 2 aromatic carbocycles. The molecule has 1 unspecified atom stereocenters. The van der Waals surface area contributed by atoms with E-state index in [2.05, 4.69) is 37.4 Å². The second-order valence-electron chi connectivity index (χ2n) is 4.91. The fourth-order valence-electron chi connectivity index (χ4n) is 2.30. The van der Waals surface area contributed by atoms with Crippen LogP contribution in [-0.2, 0) is 0 Å². The van der Waals surface area contributed by atoms with Crippen LogP contribution in [0.5, 0.6) is 5.75 Å². The van der Waals surface area contributed by atoms with Gasteiger partial charge in [-0.2, -0.15) is 0 Å². The molecule has 0 heterocycles. The zero-order valence-corrected chi connectivity index (χ0v) is 12.8. The van der Waals surface area contributed by atoms with E-state index >= 15 is 0 Å². The topological polar surface area (TPSA) is 21.3 Å². The van der Waals surface area contributed by atoms with Crippen molar-refractivity contribution < 1.29 is 4.74 Å². The van der Waals surface area contributed by atoms with Crippen molar-refractivity contribution in [2.45, 2.75) is 25.9 Å². The Bertz CT molecular complexity index is 570. The molecule has 1 N–H and O–H groups in total. The molecule has 0 bridgehead atoms. The highest BCUT2D eigenvalue weighted by Gasteiger charge is 2.13. The van der Waals surface area contributed by atoms with Crippen LogP contribution in [0.3, 0.4) is 0 Å². The van der Waals surface area contributed by atoms with Crippen molar-refractivity contribution in [1.29, 1.82) is 0 Å². The lowest BCUT2D eigenvalue weighted by Gasteiger charge is -2.22. The van der Waals surface area contributed by atoms with Crippen molar-refractivity contribution >= 4 is 11.6 Å². The van der Waals surface area contributed by atoms with Crippen LogP contribution in [0.2, 0.25) is 5.02 Å². The summed E-state index contributed by atoms with van der Waals surface area (Å²) in [6.45, 7) is 4.26. The van der Waals surface area contributed by atoms with Gasteiger partial charge in [-0.1, -0.05) is 41.9 Å². The van der Waals surface area contributed by atoms with E-state index in [1.54, 1.807) is 7.11 Å². The standard InChI is InChI=1S/C17H20ClNO/c1-12(14-7-6-8-15(11-14)20-3)19-13(2)16-9-4-5-10-17(16)18/h4-13,19H,1-3H3/t12?,13-/m0/s1. The summed E-state index contributed by atoms with van der Waals surface area (Å²) in [5.74, 6) is 0.876. The van der Waals surface area contributed by atoms with Crippen LogP contribution in [-0.4, -0.2) is 7.11 Å². The molecule has 0 aliphatic rings. The summed E-state index contributed by atoms with van der Waals surface area (Å²) in [6.07, 6.45) is 0. The lowest BCUT2D eigenvalue weighted by Crippen LogP contribution is -2.22. The largest absolute Gasteiger partial charge is 0.497 e. The SMILES string of the molecule is COc1cccc(C(C)N[C@@H](C)c2ccccc2Cl)c1. The third-order valence-electron chi connectivity index (χ3n) is 3.47. The van der Waals surface area contributed by atoms with Crippen LogP contribution in [0.1, 0.15) is 37.1 Å². The van der Waals surface area contributed by atoms with Gasteiger partial charge in [0.15, 0.2) is 0 Å². The molecule has 2 atom stereocenters. The Morgan fingerprint density at radius 1 is 1.00 bits per heavy atom. The molecule has 2 nitrogen and oxygen atoms in total. The maximum atomic E-state index is 6.24. The molecule has 0 aliphatic heterocycles. The molecule has 0 saturated carbocycles. The zero-order valence-electron chi connectivity index (χ0n) is 12.1. The van der Waals surface area contributed by atoms with Gasteiger partial charge in [-0.3, -0.25) is 0 Å². The average molecular weight is 290 g/mol. The highest BCUT2D eigenvalue weighted by atomic mass is 35.5. The van der Waals surface area contributed by atoms with Gasteiger partial charge >= 0.3 is 0 Å². The van der Waals surface area contributed by atoms with E-state index in [-0.39, 0.29) is 12.1 Å². The summed E-state index contributed by atoms with van der Waals surface area (Å²) in [7, 11) is 1.68. The maximum Gasteiger partial charge on any atom is 0.119 e. The van der Waals surface area contributed by atoms with Gasteiger partial charge in [0.1, 0.15) is 5.75 Å². The van der Waals surface area contributed by atoms with E-state index in [0.717, 1.165) is 16.3 Å². The molecule has 0 aromatic heterocycles. The Morgan fingerprint density at radius 3 is 2.45 bits per heavy atom. The normalized spacial score (nSPS) is 13.8. The van der Waals surface area contributed by atoms with Gasteiger partial charge in [0, 0.05) is 17.1 Å². The van der Waals surface area contributed by atoms with Gasteiger partial charge in [-0.05, 0) is 43.2 Å². The van der Waals surface area contributed by atoms with Gasteiger partial charge < -0.3 is 10.1 Å². The van der Waals surface area contributed by atoms with E-state index in [1.165, 1.54) is 5.56 Å². The van der Waals surface area contributed by atoms with E-state index in [9.17, 15) is 0 Å². The molecule has 0 saturated heterocycles. The molecule has 20 heavy (non-hydrogen) atoms. The van der Waals surface area contributed by atoms with Crippen LogP contribution >= 0.6 is 11.6 Å². The minimum atomic E-state index is 0.185. The Kier molecular flexibility index (Phi) is 5.05. The van der Waals surface area contributed by atoms with E-state index in [4.69, 9.17) is 16.3 Å². The third kappa shape index (κ3) is 3.53. The molecule has 106 valence electrons. The van der Waals surface area contributed by atoms with Gasteiger partial charge in [-0.25, -0.2) is 0 Å². The first-order valence-corrected chi connectivity index (χ1v) is 7.14. The lowest BCUT2D eigenvalue weighted by atomic mass is 10.0. The van der Waals surface area contributed by atoms with E-state index < -0.39 is 0 Å². The summed E-state index contributed by atoms with van der Waals surface area (Å²) in [5.41, 5.74) is 2.31. The van der Waals surface area contributed by atoms with Crippen molar-refractivity contribution in [2.75, 3.05) is 7.11 Å². The Hall–Kier alpha value is -1.51. The number of benzene rings is 2. The molecule has 0 radical (unpaired) electrons. The number of methoxy groups -OCH3 is 1. The predicted octanol–water partition coefficient (Wildman–Crippen LogP) is 4.76. The highest BCUT2D eigenvalue weighted by molar-refractivity contribution is 6.31. The number of rotatable bonds is 5. The highest BCUT2D eigenvalue weighted by Crippen LogP contribution is 2.26. The first-order chi connectivity index (χ1) is 9.61. The molecule has 2 aromatic rings. The van der Waals surface area contributed by atoms with Crippen LogP contribution < -0.4 is 10.1 Å². The molecule has 3 heteroatoms. The predicted molar refractivity (Wildman–Crippen MR) is 84.4 cm³/mol. The summed E-state index contributed by atoms with van der Waals surface area (Å²) >= 11 is 6.24. The van der Waals surface area contributed by atoms with Crippen LogP contribution in [0, 0.1) is 0 Å². The molecule has 0 amide bonds. The van der Waals surface area contributed by atoms with Crippen LogP contribution in [0.25, 0.3) is 0 Å². The van der Waals surface area contributed by atoms with Gasteiger partial charge in [0.2, 0.25) is 0 Å². The number of hydrogen-bond acceptors (Lipinski definition) is 2. The molecule has 0 aliphatic carbocycles. The second-order valence-corrected chi connectivity index (χ2v) is 5.32. The quantitative estimate of drug-likeness (QED) is 0.857.